The molecule has 1 N–H and O–H groups in total. The number of carboxylic acid groups (broad SMARTS) is 1. The van der Waals surface area contributed by atoms with Gasteiger partial charge in [0.15, 0.2) is 0 Å². The Morgan fingerprint density at radius 2 is 1.64 bits per heavy atom. The number of likely N-dealkylation sites (tertiary alicyclic amines) is 1. The highest BCUT2D eigenvalue weighted by atomic mass is 16.4. The standard InChI is InChI=1S/C17H25N3O2/c21-17(22)20-8-6-16(7-9-20)19-12-10-18(11-13-19)14-15-4-2-1-3-5-15/h1-5,16H,6-14H2,(H,21,22). The SMILES string of the molecule is O=C(O)N1CCC(N2CCN(Cc3ccccc3)CC2)CC1. The van der Waals surface area contributed by atoms with E-state index in [2.05, 4.69) is 40.1 Å². The van der Waals surface area contributed by atoms with E-state index in [0.717, 1.165) is 45.6 Å². The quantitative estimate of drug-likeness (QED) is 0.927. The Morgan fingerprint density at radius 3 is 2.23 bits per heavy atom. The molecule has 2 saturated heterocycles. The van der Waals surface area contributed by atoms with Gasteiger partial charge in [0.2, 0.25) is 0 Å². The van der Waals surface area contributed by atoms with Crippen LogP contribution in [0.4, 0.5) is 4.79 Å². The molecule has 120 valence electrons. The summed E-state index contributed by atoms with van der Waals surface area (Å²) in [5.41, 5.74) is 1.38. The van der Waals surface area contributed by atoms with E-state index in [1.54, 1.807) is 4.90 Å². The summed E-state index contributed by atoms with van der Waals surface area (Å²) in [6.45, 7) is 6.82. The second-order valence-electron chi connectivity index (χ2n) is 6.30. The third-order valence-electron chi connectivity index (χ3n) is 4.91. The summed E-state index contributed by atoms with van der Waals surface area (Å²) >= 11 is 0. The largest absolute Gasteiger partial charge is 0.465 e. The molecule has 0 spiro atoms. The van der Waals surface area contributed by atoms with E-state index in [4.69, 9.17) is 5.11 Å². The van der Waals surface area contributed by atoms with Gasteiger partial charge < -0.3 is 10.0 Å². The molecule has 0 saturated carbocycles. The molecule has 0 aromatic heterocycles. The third-order valence-corrected chi connectivity index (χ3v) is 4.91. The average molecular weight is 303 g/mol. The Hall–Kier alpha value is -1.59. The van der Waals surface area contributed by atoms with Crippen LogP contribution in [0, 0.1) is 0 Å². The number of nitrogens with zero attached hydrogens (tertiary/aromatic N) is 3. The van der Waals surface area contributed by atoms with Crippen LogP contribution in [0.25, 0.3) is 0 Å². The number of carbonyl (C=O) groups is 1. The fourth-order valence-corrected chi connectivity index (χ4v) is 3.55. The lowest BCUT2D eigenvalue weighted by atomic mass is 10.0. The molecule has 0 bridgehead atoms. The van der Waals surface area contributed by atoms with E-state index in [1.165, 1.54) is 5.56 Å². The van der Waals surface area contributed by atoms with E-state index in [1.807, 2.05) is 0 Å². The molecule has 5 nitrogen and oxygen atoms in total. The summed E-state index contributed by atoms with van der Waals surface area (Å²) in [7, 11) is 0. The minimum Gasteiger partial charge on any atom is -0.465 e. The smallest absolute Gasteiger partial charge is 0.407 e. The number of rotatable bonds is 3. The predicted octanol–water partition coefficient (Wildman–Crippen LogP) is 1.95. The lowest BCUT2D eigenvalue weighted by Crippen LogP contribution is -2.53. The summed E-state index contributed by atoms with van der Waals surface area (Å²) in [6.07, 6.45) is 1.18. The minimum absolute atomic E-state index is 0.564. The molecule has 5 heteroatoms. The van der Waals surface area contributed by atoms with Crippen LogP contribution < -0.4 is 0 Å². The highest BCUT2D eigenvalue weighted by Crippen LogP contribution is 2.19. The zero-order chi connectivity index (χ0) is 15.4. The second kappa shape index (κ2) is 7.11. The van der Waals surface area contributed by atoms with Crippen molar-refractivity contribution in [2.24, 2.45) is 0 Å². The highest BCUT2D eigenvalue weighted by molar-refractivity contribution is 5.65. The van der Waals surface area contributed by atoms with E-state index in [0.29, 0.717) is 19.1 Å². The molecule has 2 heterocycles. The van der Waals surface area contributed by atoms with Crippen molar-refractivity contribution in [2.45, 2.75) is 25.4 Å². The molecule has 0 atom stereocenters. The van der Waals surface area contributed by atoms with Crippen molar-refractivity contribution in [2.75, 3.05) is 39.3 Å². The van der Waals surface area contributed by atoms with Crippen molar-refractivity contribution in [3.8, 4) is 0 Å². The summed E-state index contributed by atoms with van der Waals surface area (Å²) < 4.78 is 0. The van der Waals surface area contributed by atoms with E-state index in [9.17, 15) is 4.79 Å². The number of hydrogen-bond donors (Lipinski definition) is 1. The van der Waals surface area contributed by atoms with Crippen molar-refractivity contribution in [3.63, 3.8) is 0 Å². The number of amides is 1. The highest BCUT2D eigenvalue weighted by Gasteiger charge is 2.28. The summed E-state index contributed by atoms with van der Waals surface area (Å²) in [4.78, 5) is 17.6. The fourth-order valence-electron chi connectivity index (χ4n) is 3.55. The van der Waals surface area contributed by atoms with Gasteiger partial charge in [-0.1, -0.05) is 30.3 Å². The van der Waals surface area contributed by atoms with Gasteiger partial charge in [0.1, 0.15) is 0 Å². The maximum atomic E-state index is 11.0. The van der Waals surface area contributed by atoms with E-state index < -0.39 is 6.09 Å². The first-order valence-electron chi connectivity index (χ1n) is 8.20. The molecule has 0 aliphatic carbocycles. The Morgan fingerprint density at radius 1 is 1.00 bits per heavy atom. The Balaban J connectivity index is 1.43. The molecular formula is C17H25N3O2. The lowest BCUT2D eigenvalue weighted by molar-refractivity contribution is 0.0560. The molecule has 1 amide bonds. The first kappa shape index (κ1) is 15.3. The number of piperidine rings is 1. The maximum Gasteiger partial charge on any atom is 0.407 e. The summed E-state index contributed by atoms with van der Waals surface area (Å²) in [6, 6.07) is 11.2. The lowest BCUT2D eigenvalue weighted by Gasteiger charge is -2.42. The van der Waals surface area contributed by atoms with Crippen LogP contribution in [-0.2, 0) is 6.54 Å². The third kappa shape index (κ3) is 3.78. The normalized spacial score (nSPS) is 21.9. The topological polar surface area (TPSA) is 47.0 Å². The van der Waals surface area contributed by atoms with Crippen LogP contribution in [0.3, 0.4) is 0 Å². The van der Waals surface area contributed by atoms with Crippen molar-refractivity contribution >= 4 is 6.09 Å². The van der Waals surface area contributed by atoms with Crippen molar-refractivity contribution in [3.05, 3.63) is 35.9 Å². The number of benzene rings is 1. The molecule has 1 aromatic carbocycles. The monoisotopic (exact) mass is 303 g/mol. The van der Waals surface area contributed by atoms with Gasteiger partial charge in [-0.3, -0.25) is 9.80 Å². The van der Waals surface area contributed by atoms with Gasteiger partial charge in [-0.05, 0) is 18.4 Å². The first-order valence-corrected chi connectivity index (χ1v) is 8.20. The van der Waals surface area contributed by atoms with Gasteiger partial charge in [-0.2, -0.15) is 0 Å². The molecule has 0 unspecified atom stereocenters. The van der Waals surface area contributed by atoms with Crippen molar-refractivity contribution in [1.29, 1.82) is 0 Å². The molecule has 3 rings (SSSR count). The average Bonchev–Trinajstić information content (AvgIpc) is 2.57. The fraction of sp³-hybridized carbons (Fsp3) is 0.588. The van der Waals surface area contributed by atoms with E-state index in [-0.39, 0.29) is 0 Å². The van der Waals surface area contributed by atoms with Gasteiger partial charge in [0, 0.05) is 51.9 Å². The Bertz CT molecular complexity index is 478. The predicted molar refractivity (Wildman–Crippen MR) is 85.9 cm³/mol. The summed E-state index contributed by atoms with van der Waals surface area (Å²) in [5, 5.41) is 9.02. The first-order chi connectivity index (χ1) is 10.7. The van der Waals surface area contributed by atoms with Crippen LogP contribution in [0.5, 0.6) is 0 Å². The van der Waals surface area contributed by atoms with Crippen LogP contribution in [0.1, 0.15) is 18.4 Å². The van der Waals surface area contributed by atoms with E-state index >= 15 is 0 Å². The van der Waals surface area contributed by atoms with Gasteiger partial charge >= 0.3 is 6.09 Å². The Kier molecular flexibility index (Phi) is 4.95. The maximum absolute atomic E-state index is 11.0. The van der Waals surface area contributed by atoms with Crippen molar-refractivity contribution < 1.29 is 9.90 Å². The zero-order valence-electron chi connectivity index (χ0n) is 13.0. The number of piperazine rings is 1. The zero-order valence-corrected chi connectivity index (χ0v) is 13.0. The molecule has 1 aromatic rings. The number of hydrogen-bond acceptors (Lipinski definition) is 3. The van der Waals surface area contributed by atoms with Gasteiger partial charge in [-0.25, -0.2) is 4.79 Å². The van der Waals surface area contributed by atoms with Crippen LogP contribution in [0.15, 0.2) is 30.3 Å². The Labute approximate surface area is 132 Å². The second-order valence-corrected chi connectivity index (χ2v) is 6.30. The molecular weight excluding hydrogens is 278 g/mol. The molecule has 0 radical (unpaired) electrons. The molecule has 2 aliphatic heterocycles. The van der Waals surface area contributed by atoms with Crippen LogP contribution >= 0.6 is 0 Å². The van der Waals surface area contributed by atoms with Crippen LogP contribution in [0.2, 0.25) is 0 Å². The summed E-state index contributed by atoms with van der Waals surface area (Å²) in [5.74, 6) is 0. The molecule has 2 fully saturated rings. The van der Waals surface area contributed by atoms with Gasteiger partial charge in [0.25, 0.3) is 0 Å². The van der Waals surface area contributed by atoms with Crippen LogP contribution in [-0.4, -0.2) is 71.2 Å². The molecule has 22 heavy (non-hydrogen) atoms. The molecule has 2 aliphatic rings. The van der Waals surface area contributed by atoms with Crippen molar-refractivity contribution in [1.82, 2.24) is 14.7 Å². The van der Waals surface area contributed by atoms with Gasteiger partial charge in [-0.15, -0.1) is 0 Å². The minimum atomic E-state index is -0.772. The van der Waals surface area contributed by atoms with Gasteiger partial charge in [0.05, 0.1) is 0 Å².